The molecule has 1 aliphatic rings. The van der Waals surface area contributed by atoms with Crippen molar-refractivity contribution in [3.8, 4) is 0 Å². The number of likely N-dealkylation sites (tertiary alicyclic amines) is 1. The van der Waals surface area contributed by atoms with Crippen molar-refractivity contribution in [1.29, 1.82) is 0 Å². The highest BCUT2D eigenvalue weighted by Crippen LogP contribution is 2.19. The van der Waals surface area contributed by atoms with Crippen LogP contribution in [-0.2, 0) is 9.53 Å². The maximum absolute atomic E-state index is 13.4. The monoisotopic (exact) mass is 351 g/mol. The van der Waals surface area contributed by atoms with Crippen molar-refractivity contribution in [1.82, 2.24) is 10.2 Å². The Bertz CT molecular complexity index is 595. The lowest BCUT2D eigenvalue weighted by molar-refractivity contribution is -0.127. The Balaban J connectivity index is 1.82. The van der Waals surface area contributed by atoms with E-state index in [2.05, 4.69) is 10.6 Å². The second-order valence-electron chi connectivity index (χ2n) is 6.57. The van der Waals surface area contributed by atoms with Crippen LogP contribution in [0, 0.1) is 18.7 Å². The molecule has 1 aromatic rings. The Kier molecular flexibility index (Phi) is 6.75. The smallest absolute Gasteiger partial charge is 0.321 e. The topological polar surface area (TPSA) is 70.7 Å². The molecule has 0 spiro atoms. The minimum Gasteiger partial charge on any atom is -0.383 e. The molecule has 1 saturated heterocycles. The summed E-state index contributed by atoms with van der Waals surface area (Å²) in [5.74, 6) is -0.471. The first-order valence-corrected chi connectivity index (χ1v) is 8.51. The first-order valence-electron chi connectivity index (χ1n) is 8.51. The predicted molar refractivity (Wildman–Crippen MR) is 93.9 cm³/mol. The van der Waals surface area contributed by atoms with Crippen LogP contribution in [0.1, 0.15) is 25.3 Å². The summed E-state index contributed by atoms with van der Waals surface area (Å²) in [6.07, 6.45) is 1.22. The molecule has 0 aliphatic carbocycles. The van der Waals surface area contributed by atoms with Crippen molar-refractivity contribution in [2.75, 3.05) is 32.1 Å². The third-order valence-electron chi connectivity index (χ3n) is 4.25. The van der Waals surface area contributed by atoms with E-state index in [1.807, 2.05) is 6.92 Å². The first kappa shape index (κ1) is 19.2. The van der Waals surface area contributed by atoms with Gasteiger partial charge in [0.1, 0.15) is 5.82 Å². The molecule has 2 rings (SSSR count). The number of aryl methyl sites for hydroxylation is 1. The Morgan fingerprint density at radius 3 is 2.60 bits per heavy atom. The zero-order chi connectivity index (χ0) is 18.4. The molecule has 1 atom stereocenters. The van der Waals surface area contributed by atoms with Gasteiger partial charge in [0, 0.05) is 37.8 Å². The minimum absolute atomic E-state index is 0.00497. The van der Waals surface area contributed by atoms with Gasteiger partial charge in [0.25, 0.3) is 0 Å². The van der Waals surface area contributed by atoms with Crippen LogP contribution in [0.2, 0.25) is 0 Å². The van der Waals surface area contributed by atoms with E-state index in [9.17, 15) is 14.0 Å². The molecular formula is C18H26FN3O3. The quantitative estimate of drug-likeness (QED) is 0.856. The molecule has 2 N–H and O–H groups in total. The van der Waals surface area contributed by atoms with E-state index in [1.165, 1.54) is 12.1 Å². The van der Waals surface area contributed by atoms with Gasteiger partial charge in [-0.2, -0.15) is 0 Å². The van der Waals surface area contributed by atoms with Crippen molar-refractivity contribution in [2.24, 2.45) is 5.92 Å². The van der Waals surface area contributed by atoms with Crippen molar-refractivity contribution in [3.05, 3.63) is 29.6 Å². The van der Waals surface area contributed by atoms with E-state index in [0.717, 1.165) is 5.56 Å². The van der Waals surface area contributed by atoms with Crippen LogP contribution in [0.15, 0.2) is 18.2 Å². The molecule has 1 aliphatic heterocycles. The number of benzene rings is 1. The number of carbonyl (C=O) groups is 2. The minimum atomic E-state index is -0.379. The van der Waals surface area contributed by atoms with E-state index in [0.29, 0.717) is 38.2 Å². The number of anilines is 1. The molecule has 1 unspecified atom stereocenters. The summed E-state index contributed by atoms with van der Waals surface area (Å²) in [4.78, 5) is 26.2. The van der Waals surface area contributed by atoms with E-state index in [1.54, 1.807) is 25.0 Å². The molecule has 1 heterocycles. The first-order chi connectivity index (χ1) is 11.9. The van der Waals surface area contributed by atoms with Crippen LogP contribution >= 0.6 is 0 Å². The summed E-state index contributed by atoms with van der Waals surface area (Å²) in [5.41, 5.74) is 1.19. The Hall–Kier alpha value is -2.15. The summed E-state index contributed by atoms with van der Waals surface area (Å²) in [5, 5.41) is 5.64. The van der Waals surface area contributed by atoms with Crippen LogP contribution in [-0.4, -0.2) is 49.7 Å². The van der Waals surface area contributed by atoms with Gasteiger partial charge in [-0.1, -0.05) is 0 Å². The standard InChI is InChI=1S/C18H26FN3O3/c1-12-8-15(19)10-16(9-12)21-18(24)22-6-4-14(5-7-22)17(23)20-13(2)11-25-3/h8-10,13-14H,4-7,11H2,1-3H3,(H,20,23)(H,21,24). The number of halogens is 1. The summed E-state index contributed by atoms with van der Waals surface area (Å²) < 4.78 is 18.4. The Labute approximate surface area is 147 Å². The number of urea groups is 1. The van der Waals surface area contributed by atoms with Crippen LogP contribution in [0.3, 0.4) is 0 Å². The molecule has 3 amide bonds. The molecule has 0 bridgehead atoms. The third kappa shape index (κ3) is 5.70. The van der Waals surface area contributed by atoms with Gasteiger partial charge in [0.2, 0.25) is 5.91 Å². The number of methoxy groups -OCH3 is 1. The number of ether oxygens (including phenoxy) is 1. The number of carbonyl (C=O) groups excluding carboxylic acids is 2. The summed E-state index contributed by atoms with van der Waals surface area (Å²) in [6, 6.07) is 4.12. The van der Waals surface area contributed by atoms with E-state index in [4.69, 9.17) is 4.74 Å². The molecular weight excluding hydrogens is 325 g/mol. The van der Waals surface area contributed by atoms with Gasteiger partial charge in [0.15, 0.2) is 0 Å². The lowest BCUT2D eigenvalue weighted by atomic mass is 9.96. The van der Waals surface area contributed by atoms with E-state index >= 15 is 0 Å². The van der Waals surface area contributed by atoms with Gasteiger partial charge in [-0.05, 0) is 50.5 Å². The molecule has 1 aromatic carbocycles. The van der Waals surface area contributed by atoms with Gasteiger partial charge in [-0.25, -0.2) is 9.18 Å². The predicted octanol–water partition coefficient (Wildman–Crippen LogP) is 2.53. The largest absolute Gasteiger partial charge is 0.383 e. The second-order valence-corrected chi connectivity index (χ2v) is 6.57. The van der Waals surface area contributed by atoms with Crippen LogP contribution < -0.4 is 10.6 Å². The van der Waals surface area contributed by atoms with Crippen LogP contribution in [0.5, 0.6) is 0 Å². The molecule has 7 heteroatoms. The zero-order valence-electron chi connectivity index (χ0n) is 15.0. The molecule has 6 nitrogen and oxygen atoms in total. The van der Waals surface area contributed by atoms with Crippen molar-refractivity contribution in [3.63, 3.8) is 0 Å². The molecule has 25 heavy (non-hydrogen) atoms. The summed E-state index contributed by atoms with van der Waals surface area (Å²) in [7, 11) is 1.60. The molecule has 0 radical (unpaired) electrons. The number of nitrogens with one attached hydrogen (secondary N) is 2. The maximum atomic E-state index is 13.4. The summed E-state index contributed by atoms with van der Waals surface area (Å²) >= 11 is 0. The molecule has 138 valence electrons. The fourth-order valence-electron chi connectivity index (χ4n) is 3.01. The van der Waals surface area contributed by atoms with Crippen molar-refractivity contribution in [2.45, 2.75) is 32.7 Å². The van der Waals surface area contributed by atoms with E-state index in [-0.39, 0.29) is 29.7 Å². The summed E-state index contributed by atoms with van der Waals surface area (Å²) in [6.45, 7) is 5.13. The number of amides is 3. The number of hydrogen-bond acceptors (Lipinski definition) is 3. The van der Waals surface area contributed by atoms with Crippen LogP contribution in [0.4, 0.5) is 14.9 Å². The average molecular weight is 351 g/mol. The average Bonchev–Trinajstić information content (AvgIpc) is 2.54. The second kappa shape index (κ2) is 8.80. The van der Waals surface area contributed by atoms with Gasteiger partial charge >= 0.3 is 6.03 Å². The molecule has 0 saturated carbocycles. The van der Waals surface area contributed by atoms with Gasteiger partial charge < -0.3 is 20.3 Å². The lowest BCUT2D eigenvalue weighted by Gasteiger charge is -2.32. The number of nitrogens with zero attached hydrogens (tertiary/aromatic N) is 1. The molecule has 1 fully saturated rings. The number of rotatable bonds is 5. The van der Waals surface area contributed by atoms with Gasteiger partial charge in [-0.15, -0.1) is 0 Å². The SMILES string of the molecule is COCC(C)NC(=O)C1CCN(C(=O)Nc2cc(C)cc(F)c2)CC1. The van der Waals surface area contributed by atoms with Gasteiger partial charge in [-0.3, -0.25) is 4.79 Å². The highest BCUT2D eigenvalue weighted by molar-refractivity contribution is 5.89. The van der Waals surface area contributed by atoms with Crippen LogP contribution in [0.25, 0.3) is 0 Å². The fraction of sp³-hybridized carbons (Fsp3) is 0.556. The fourth-order valence-corrected chi connectivity index (χ4v) is 3.01. The highest BCUT2D eigenvalue weighted by Gasteiger charge is 2.28. The lowest BCUT2D eigenvalue weighted by Crippen LogP contribution is -2.46. The maximum Gasteiger partial charge on any atom is 0.321 e. The van der Waals surface area contributed by atoms with E-state index < -0.39 is 0 Å². The van der Waals surface area contributed by atoms with Gasteiger partial charge in [0.05, 0.1) is 6.61 Å². The zero-order valence-corrected chi connectivity index (χ0v) is 15.0. The normalized spacial score (nSPS) is 16.4. The Morgan fingerprint density at radius 1 is 1.32 bits per heavy atom. The number of piperidine rings is 1. The highest BCUT2D eigenvalue weighted by atomic mass is 19.1. The third-order valence-corrected chi connectivity index (χ3v) is 4.25. The molecule has 0 aromatic heterocycles. The van der Waals surface area contributed by atoms with Crippen molar-refractivity contribution < 1.29 is 18.7 Å². The van der Waals surface area contributed by atoms with Crippen molar-refractivity contribution >= 4 is 17.6 Å². The Morgan fingerprint density at radius 2 is 2.00 bits per heavy atom. The number of hydrogen-bond donors (Lipinski definition) is 2.